The van der Waals surface area contributed by atoms with Gasteiger partial charge in [-0.3, -0.25) is 0 Å². The van der Waals surface area contributed by atoms with Crippen molar-refractivity contribution in [3.63, 3.8) is 0 Å². The summed E-state index contributed by atoms with van der Waals surface area (Å²) in [6.45, 7) is 1.56. The molecule has 0 spiro atoms. The van der Waals surface area contributed by atoms with Crippen LogP contribution in [0.1, 0.15) is 6.92 Å². The second-order valence-corrected chi connectivity index (χ2v) is 7.75. The molecule has 0 saturated heterocycles. The highest BCUT2D eigenvalue weighted by molar-refractivity contribution is 7.98. The normalized spacial score (nSPS) is 14.6. The zero-order valence-corrected chi connectivity index (χ0v) is 13.8. The van der Waals surface area contributed by atoms with Gasteiger partial charge in [-0.25, -0.2) is 13.1 Å². The summed E-state index contributed by atoms with van der Waals surface area (Å²) in [5.74, 6) is 0.713. The van der Waals surface area contributed by atoms with Crippen LogP contribution in [0.4, 0.5) is 5.69 Å². The monoisotopic (exact) mass is 334 g/mol. The van der Waals surface area contributed by atoms with Gasteiger partial charge < -0.3 is 15.6 Å². The number of benzene rings is 1. The van der Waals surface area contributed by atoms with E-state index in [1.807, 2.05) is 6.26 Å². The van der Waals surface area contributed by atoms with Gasteiger partial charge in [0, 0.05) is 12.3 Å². The van der Waals surface area contributed by atoms with E-state index in [-0.39, 0.29) is 18.9 Å². The van der Waals surface area contributed by atoms with E-state index in [2.05, 4.69) is 4.72 Å². The van der Waals surface area contributed by atoms with Crippen molar-refractivity contribution in [3.8, 4) is 5.75 Å². The molecule has 0 heterocycles. The molecule has 0 saturated carbocycles. The minimum Gasteiger partial charge on any atom is -0.490 e. The van der Waals surface area contributed by atoms with Crippen LogP contribution >= 0.6 is 11.8 Å². The highest BCUT2D eigenvalue weighted by Crippen LogP contribution is 2.19. The van der Waals surface area contributed by atoms with Crippen molar-refractivity contribution >= 4 is 27.5 Å². The third kappa shape index (κ3) is 7.03. The minimum absolute atomic E-state index is 0.00574. The smallest absolute Gasteiger partial charge is 0.215 e. The maximum atomic E-state index is 11.8. The molecule has 0 aliphatic heterocycles. The van der Waals surface area contributed by atoms with E-state index in [1.54, 1.807) is 31.2 Å². The third-order valence-corrected chi connectivity index (χ3v) is 4.86. The number of rotatable bonds is 9. The Morgan fingerprint density at radius 3 is 2.71 bits per heavy atom. The molecule has 4 N–H and O–H groups in total. The number of ether oxygens (including phenoxy) is 1. The number of nitrogens with one attached hydrogen (secondary N) is 1. The van der Waals surface area contributed by atoms with Crippen molar-refractivity contribution in [1.82, 2.24) is 4.72 Å². The number of anilines is 1. The molecule has 120 valence electrons. The van der Waals surface area contributed by atoms with Crippen molar-refractivity contribution in [2.45, 2.75) is 12.5 Å². The summed E-state index contributed by atoms with van der Waals surface area (Å²) in [4.78, 5) is 0. The van der Waals surface area contributed by atoms with Crippen LogP contribution in [0.15, 0.2) is 24.3 Å². The van der Waals surface area contributed by atoms with Gasteiger partial charge in [0.1, 0.15) is 12.4 Å². The topological polar surface area (TPSA) is 102 Å². The Bertz CT molecular complexity index is 547. The average molecular weight is 334 g/mol. The second-order valence-electron chi connectivity index (χ2n) is 4.96. The highest BCUT2D eigenvalue weighted by atomic mass is 32.2. The number of thioether (sulfide) groups is 1. The van der Waals surface area contributed by atoms with Gasteiger partial charge in [0.25, 0.3) is 0 Å². The van der Waals surface area contributed by atoms with Crippen molar-refractivity contribution in [1.29, 1.82) is 0 Å². The molecule has 0 aromatic heterocycles. The van der Waals surface area contributed by atoms with Gasteiger partial charge in [0.2, 0.25) is 10.0 Å². The van der Waals surface area contributed by atoms with E-state index in [4.69, 9.17) is 10.5 Å². The van der Waals surface area contributed by atoms with E-state index >= 15 is 0 Å². The summed E-state index contributed by atoms with van der Waals surface area (Å²) in [6.07, 6.45) is 1.85. The number of aliphatic hydroxyl groups is 1. The van der Waals surface area contributed by atoms with E-state index in [1.165, 1.54) is 11.8 Å². The van der Waals surface area contributed by atoms with Gasteiger partial charge in [-0.1, -0.05) is 12.1 Å². The molecular weight excluding hydrogens is 312 g/mol. The first-order valence-corrected chi connectivity index (χ1v) is 9.46. The Labute approximate surface area is 130 Å². The van der Waals surface area contributed by atoms with Crippen LogP contribution in [0.25, 0.3) is 0 Å². The highest BCUT2D eigenvalue weighted by Gasteiger charge is 2.22. The molecule has 0 aliphatic rings. The Morgan fingerprint density at radius 2 is 2.10 bits per heavy atom. The van der Waals surface area contributed by atoms with E-state index in [0.717, 1.165) is 0 Å². The lowest BCUT2D eigenvalue weighted by Crippen LogP contribution is -2.43. The minimum atomic E-state index is -3.50. The quantitative estimate of drug-likeness (QED) is 0.574. The van der Waals surface area contributed by atoms with E-state index < -0.39 is 15.6 Å². The summed E-state index contributed by atoms with van der Waals surface area (Å²) in [5, 5.41) is 9.92. The van der Waals surface area contributed by atoms with Crippen LogP contribution in [0.2, 0.25) is 0 Å². The molecule has 1 aromatic carbocycles. The molecule has 1 aromatic rings. The van der Waals surface area contributed by atoms with Crippen LogP contribution in [0.5, 0.6) is 5.75 Å². The molecule has 21 heavy (non-hydrogen) atoms. The molecule has 0 amide bonds. The maximum absolute atomic E-state index is 11.8. The summed E-state index contributed by atoms with van der Waals surface area (Å²) in [5.41, 5.74) is 5.09. The Morgan fingerprint density at radius 1 is 1.43 bits per heavy atom. The molecule has 1 unspecified atom stereocenters. The first-order chi connectivity index (χ1) is 9.76. The lowest BCUT2D eigenvalue weighted by atomic mass is 10.1. The number of sulfonamides is 1. The predicted octanol–water partition coefficient (Wildman–Crippen LogP) is 0.681. The number of hydrogen-bond donors (Lipinski definition) is 3. The lowest BCUT2D eigenvalue weighted by Gasteiger charge is -2.22. The molecule has 8 heteroatoms. The molecule has 0 fully saturated rings. The Balaban J connectivity index is 2.42. The van der Waals surface area contributed by atoms with E-state index in [0.29, 0.717) is 17.2 Å². The number of para-hydroxylation sites is 2. The van der Waals surface area contributed by atoms with Crippen LogP contribution in [-0.4, -0.2) is 50.0 Å². The Hall–Kier alpha value is -0.960. The van der Waals surface area contributed by atoms with Gasteiger partial charge in [0.05, 0.1) is 17.0 Å². The summed E-state index contributed by atoms with van der Waals surface area (Å²) >= 11 is 1.45. The van der Waals surface area contributed by atoms with Crippen molar-refractivity contribution < 1.29 is 18.3 Å². The molecular formula is C13H22N2O4S2. The molecule has 0 aliphatic carbocycles. The zero-order valence-electron chi connectivity index (χ0n) is 12.2. The fourth-order valence-electron chi connectivity index (χ4n) is 1.57. The second kappa shape index (κ2) is 7.88. The van der Waals surface area contributed by atoms with Crippen molar-refractivity contribution in [2.75, 3.05) is 36.6 Å². The lowest BCUT2D eigenvalue weighted by molar-refractivity contribution is 0.0908. The van der Waals surface area contributed by atoms with Gasteiger partial charge >= 0.3 is 0 Å². The number of nitrogens with two attached hydrogens (primary N) is 1. The average Bonchev–Trinajstić information content (AvgIpc) is 2.39. The molecule has 0 bridgehead atoms. The summed E-state index contributed by atoms with van der Waals surface area (Å²) < 4.78 is 31.4. The molecule has 1 rings (SSSR count). The molecule has 0 radical (unpaired) electrons. The van der Waals surface area contributed by atoms with Crippen LogP contribution < -0.4 is 15.2 Å². The van der Waals surface area contributed by atoms with Crippen LogP contribution in [0.3, 0.4) is 0 Å². The number of nitrogen functional groups attached to an aromatic ring is 1. The molecule has 6 nitrogen and oxygen atoms in total. The van der Waals surface area contributed by atoms with Gasteiger partial charge in [-0.15, -0.1) is 0 Å². The van der Waals surface area contributed by atoms with Crippen molar-refractivity contribution in [2.24, 2.45) is 0 Å². The zero-order chi connectivity index (χ0) is 15.9. The van der Waals surface area contributed by atoms with Gasteiger partial charge in [-0.2, -0.15) is 11.8 Å². The van der Waals surface area contributed by atoms with Crippen LogP contribution in [0, 0.1) is 0 Å². The largest absolute Gasteiger partial charge is 0.490 e. The van der Waals surface area contributed by atoms with Gasteiger partial charge in [-0.05, 0) is 25.3 Å². The fourth-order valence-corrected chi connectivity index (χ4v) is 3.27. The Kier molecular flexibility index (Phi) is 6.79. The maximum Gasteiger partial charge on any atom is 0.215 e. The first kappa shape index (κ1) is 18.1. The van der Waals surface area contributed by atoms with Gasteiger partial charge in [0.15, 0.2) is 0 Å². The fraction of sp³-hybridized carbons (Fsp3) is 0.538. The third-order valence-electron chi connectivity index (χ3n) is 2.66. The summed E-state index contributed by atoms with van der Waals surface area (Å²) in [7, 11) is -3.50. The van der Waals surface area contributed by atoms with Crippen LogP contribution in [-0.2, 0) is 10.0 Å². The SMILES string of the molecule is CSCC(C)(O)CNS(=O)(=O)CCOc1ccccc1N. The van der Waals surface area contributed by atoms with Crippen molar-refractivity contribution in [3.05, 3.63) is 24.3 Å². The van der Waals surface area contributed by atoms with E-state index in [9.17, 15) is 13.5 Å². The first-order valence-electron chi connectivity index (χ1n) is 6.42. The summed E-state index contributed by atoms with van der Waals surface area (Å²) in [6, 6.07) is 6.90. The number of hydrogen-bond acceptors (Lipinski definition) is 6. The standard InChI is InChI=1S/C13H22N2O4S2/c1-13(16,10-20-2)9-15-21(17,18)8-7-19-12-6-4-3-5-11(12)14/h3-6,15-16H,7-10,14H2,1-2H3. The molecule has 1 atom stereocenters. The predicted molar refractivity (Wildman–Crippen MR) is 87.1 cm³/mol.